The average molecular weight is 206 g/mol. The molecule has 1 atom stereocenters. The van der Waals surface area contributed by atoms with Crippen molar-refractivity contribution in [2.45, 2.75) is 25.4 Å². The van der Waals surface area contributed by atoms with E-state index in [-0.39, 0.29) is 0 Å². The van der Waals surface area contributed by atoms with Gasteiger partial charge in [-0.1, -0.05) is 24.3 Å². The van der Waals surface area contributed by atoms with Crippen LogP contribution in [0.1, 0.15) is 25.3 Å². The molecule has 0 aliphatic carbocycles. The lowest BCUT2D eigenvalue weighted by Gasteiger charge is -2.25. The van der Waals surface area contributed by atoms with E-state index in [0.717, 1.165) is 17.7 Å². The van der Waals surface area contributed by atoms with Crippen LogP contribution in [-0.4, -0.2) is 12.2 Å². The van der Waals surface area contributed by atoms with Crippen LogP contribution >= 0.6 is 0 Å². The molecule has 0 aromatic heterocycles. The maximum atomic E-state index is 10.3. The zero-order chi connectivity index (χ0) is 11.3. The SMILES string of the molecule is C=CCCC(C)(O)c1ccccc1OC. The maximum absolute atomic E-state index is 10.3. The summed E-state index contributed by atoms with van der Waals surface area (Å²) in [6, 6.07) is 7.55. The molecule has 1 N–H and O–H groups in total. The Morgan fingerprint density at radius 3 is 2.73 bits per heavy atom. The fraction of sp³-hybridized carbons (Fsp3) is 0.385. The first-order valence-corrected chi connectivity index (χ1v) is 5.08. The molecule has 0 aliphatic heterocycles. The van der Waals surface area contributed by atoms with E-state index in [0.29, 0.717) is 6.42 Å². The van der Waals surface area contributed by atoms with E-state index >= 15 is 0 Å². The van der Waals surface area contributed by atoms with E-state index in [1.54, 1.807) is 14.0 Å². The van der Waals surface area contributed by atoms with Gasteiger partial charge in [0.1, 0.15) is 5.75 Å². The summed E-state index contributed by atoms with van der Waals surface area (Å²) in [4.78, 5) is 0. The van der Waals surface area contributed by atoms with Crippen molar-refractivity contribution < 1.29 is 9.84 Å². The average Bonchev–Trinajstić information content (AvgIpc) is 2.26. The van der Waals surface area contributed by atoms with Gasteiger partial charge in [0.15, 0.2) is 0 Å². The van der Waals surface area contributed by atoms with Crippen LogP contribution in [0.2, 0.25) is 0 Å². The molecule has 1 rings (SSSR count). The van der Waals surface area contributed by atoms with Crippen molar-refractivity contribution in [3.05, 3.63) is 42.5 Å². The highest BCUT2D eigenvalue weighted by Gasteiger charge is 2.25. The second-order valence-corrected chi connectivity index (χ2v) is 3.80. The summed E-state index contributed by atoms with van der Waals surface area (Å²) in [6.45, 7) is 5.46. The predicted molar refractivity (Wildman–Crippen MR) is 62.0 cm³/mol. The molecule has 1 aromatic carbocycles. The second kappa shape index (κ2) is 4.99. The third-order valence-corrected chi connectivity index (χ3v) is 2.52. The van der Waals surface area contributed by atoms with Gasteiger partial charge < -0.3 is 9.84 Å². The highest BCUT2D eigenvalue weighted by atomic mass is 16.5. The molecule has 0 bridgehead atoms. The van der Waals surface area contributed by atoms with E-state index in [1.807, 2.05) is 30.3 Å². The van der Waals surface area contributed by atoms with E-state index in [2.05, 4.69) is 6.58 Å². The van der Waals surface area contributed by atoms with Crippen molar-refractivity contribution in [3.63, 3.8) is 0 Å². The fourth-order valence-corrected chi connectivity index (χ4v) is 1.61. The molecule has 15 heavy (non-hydrogen) atoms. The zero-order valence-electron chi connectivity index (χ0n) is 9.36. The monoisotopic (exact) mass is 206 g/mol. The quantitative estimate of drug-likeness (QED) is 0.751. The Labute approximate surface area is 91.2 Å². The number of hydrogen-bond donors (Lipinski definition) is 1. The topological polar surface area (TPSA) is 29.5 Å². The number of methoxy groups -OCH3 is 1. The van der Waals surface area contributed by atoms with Crippen molar-refractivity contribution in [1.29, 1.82) is 0 Å². The summed E-state index contributed by atoms with van der Waals surface area (Å²) in [5.74, 6) is 0.728. The lowest BCUT2D eigenvalue weighted by Crippen LogP contribution is -2.21. The van der Waals surface area contributed by atoms with Crippen molar-refractivity contribution in [2.24, 2.45) is 0 Å². The molecular formula is C13H18O2. The molecule has 0 aliphatic rings. The van der Waals surface area contributed by atoms with Crippen molar-refractivity contribution in [2.75, 3.05) is 7.11 Å². The molecule has 0 amide bonds. The molecular weight excluding hydrogens is 188 g/mol. The van der Waals surface area contributed by atoms with Crippen LogP contribution in [-0.2, 0) is 5.60 Å². The molecule has 0 saturated carbocycles. The first-order valence-electron chi connectivity index (χ1n) is 5.08. The normalized spacial score (nSPS) is 14.3. The van der Waals surface area contributed by atoms with Crippen LogP contribution in [0, 0.1) is 0 Å². The Kier molecular flexibility index (Phi) is 3.92. The van der Waals surface area contributed by atoms with Gasteiger partial charge in [-0.05, 0) is 25.8 Å². The summed E-state index contributed by atoms with van der Waals surface area (Å²) in [6.07, 6.45) is 3.24. The maximum Gasteiger partial charge on any atom is 0.124 e. The van der Waals surface area contributed by atoms with Crippen molar-refractivity contribution in [1.82, 2.24) is 0 Å². The number of aliphatic hydroxyl groups is 1. The molecule has 82 valence electrons. The van der Waals surface area contributed by atoms with Gasteiger partial charge in [-0.3, -0.25) is 0 Å². The van der Waals surface area contributed by atoms with Gasteiger partial charge in [0, 0.05) is 5.56 Å². The largest absolute Gasteiger partial charge is 0.496 e. The number of ether oxygens (including phenoxy) is 1. The van der Waals surface area contributed by atoms with Crippen molar-refractivity contribution in [3.8, 4) is 5.75 Å². The van der Waals surface area contributed by atoms with Gasteiger partial charge in [0.2, 0.25) is 0 Å². The van der Waals surface area contributed by atoms with Gasteiger partial charge in [0.05, 0.1) is 12.7 Å². The Balaban J connectivity index is 2.96. The minimum absolute atomic E-state index is 0.650. The van der Waals surface area contributed by atoms with Crippen LogP contribution in [0.4, 0.5) is 0 Å². The van der Waals surface area contributed by atoms with Gasteiger partial charge in [-0.15, -0.1) is 6.58 Å². The van der Waals surface area contributed by atoms with Crippen LogP contribution in [0.5, 0.6) is 5.75 Å². The van der Waals surface area contributed by atoms with E-state index in [1.165, 1.54) is 0 Å². The predicted octanol–water partition coefficient (Wildman–Crippen LogP) is 2.87. The Morgan fingerprint density at radius 2 is 2.13 bits per heavy atom. The molecule has 0 radical (unpaired) electrons. The molecule has 2 heteroatoms. The number of para-hydroxylation sites is 1. The molecule has 0 spiro atoms. The summed E-state index contributed by atoms with van der Waals surface area (Å²) < 4.78 is 5.23. The molecule has 0 saturated heterocycles. The van der Waals surface area contributed by atoms with Crippen molar-refractivity contribution >= 4 is 0 Å². The van der Waals surface area contributed by atoms with E-state index in [4.69, 9.17) is 4.74 Å². The third-order valence-electron chi connectivity index (χ3n) is 2.52. The summed E-state index contributed by atoms with van der Waals surface area (Å²) >= 11 is 0. The summed E-state index contributed by atoms with van der Waals surface area (Å²) in [5.41, 5.74) is -0.0322. The molecule has 2 nitrogen and oxygen atoms in total. The molecule has 1 aromatic rings. The first kappa shape index (κ1) is 11.8. The molecule has 0 fully saturated rings. The number of allylic oxidation sites excluding steroid dienone is 1. The summed E-state index contributed by atoms with van der Waals surface area (Å²) in [5, 5.41) is 10.3. The fourth-order valence-electron chi connectivity index (χ4n) is 1.61. The highest BCUT2D eigenvalue weighted by Crippen LogP contribution is 2.32. The van der Waals surface area contributed by atoms with E-state index < -0.39 is 5.60 Å². The number of rotatable bonds is 5. The van der Waals surface area contributed by atoms with Crippen LogP contribution in [0.15, 0.2) is 36.9 Å². The van der Waals surface area contributed by atoms with Gasteiger partial charge in [-0.25, -0.2) is 0 Å². The van der Waals surface area contributed by atoms with Gasteiger partial charge >= 0.3 is 0 Å². The minimum atomic E-state index is -0.860. The highest BCUT2D eigenvalue weighted by molar-refractivity contribution is 5.37. The standard InChI is InChI=1S/C13H18O2/c1-4-5-10-13(2,14)11-8-6-7-9-12(11)15-3/h4,6-9,14H,1,5,10H2,2-3H3. The Hall–Kier alpha value is -1.28. The van der Waals surface area contributed by atoms with Crippen LogP contribution < -0.4 is 4.74 Å². The van der Waals surface area contributed by atoms with Gasteiger partial charge in [0.25, 0.3) is 0 Å². The lowest BCUT2D eigenvalue weighted by molar-refractivity contribution is 0.0463. The van der Waals surface area contributed by atoms with Gasteiger partial charge in [-0.2, -0.15) is 0 Å². The zero-order valence-corrected chi connectivity index (χ0v) is 9.36. The minimum Gasteiger partial charge on any atom is -0.496 e. The van der Waals surface area contributed by atoms with E-state index in [9.17, 15) is 5.11 Å². The summed E-state index contributed by atoms with van der Waals surface area (Å²) in [7, 11) is 1.61. The number of hydrogen-bond acceptors (Lipinski definition) is 2. The molecule has 0 heterocycles. The number of benzene rings is 1. The Morgan fingerprint density at radius 1 is 1.47 bits per heavy atom. The second-order valence-electron chi connectivity index (χ2n) is 3.80. The lowest BCUT2D eigenvalue weighted by atomic mass is 9.90. The third kappa shape index (κ3) is 2.83. The molecule has 1 unspecified atom stereocenters. The Bertz CT molecular complexity index is 329. The van der Waals surface area contributed by atoms with Crippen LogP contribution in [0.3, 0.4) is 0 Å². The first-order chi connectivity index (χ1) is 7.11. The smallest absolute Gasteiger partial charge is 0.124 e. The van der Waals surface area contributed by atoms with Crippen LogP contribution in [0.25, 0.3) is 0 Å².